The molecule has 0 bridgehead atoms. The summed E-state index contributed by atoms with van der Waals surface area (Å²) in [4.78, 5) is 26.6. The Morgan fingerprint density at radius 2 is 1.95 bits per heavy atom. The van der Waals surface area contributed by atoms with Crippen molar-refractivity contribution < 1.29 is 19.1 Å². The highest BCUT2D eigenvalue weighted by molar-refractivity contribution is 5.82. The van der Waals surface area contributed by atoms with Crippen LogP contribution in [0.25, 0.3) is 6.08 Å². The van der Waals surface area contributed by atoms with Crippen LogP contribution < -0.4 is 0 Å². The summed E-state index contributed by atoms with van der Waals surface area (Å²) in [5, 5.41) is 0. The van der Waals surface area contributed by atoms with Crippen LogP contribution in [-0.4, -0.2) is 23.5 Å². The monoisotopic (exact) mass is 273 g/mol. The molecule has 0 aliphatic carbocycles. The molecule has 1 rings (SSSR count). The molecule has 0 spiro atoms. The number of ether oxygens (including phenoxy) is 2. The summed E-state index contributed by atoms with van der Waals surface area (Å²) in [6, 6.07) is 3.49. The molecule has 1 unspecified atom stereocenters. The van der Waals surface area contributed by atoms with Gasteiger partial charge in [-0.05, 0) is 11.6 Å². The molecule has 0 aromatic carbocycles. The molecule has 0 amide bonds. The predicted molar refractivity (Wildman–Crippen MR) is 74.5 cm³/mol. The van der Waals surface area contributed by atoms with Gasteiger partial charge in [0, 0.05) is 18.3 Å². The van der Waals surface area contributed by atoms with Gasteiger partial charge < -0.3 is 9.47 Å². The smallest absolute Gasteiger partial charge is 0.330 e. The van der Waals surface area contributed by atoms with Crippen LogP contribution in [0.5, 0.6) is 0 Å². The van der Waals surface area contributed by atoms with Crippen LogP contribution in [0.1, 0.15) is 17.4 Å². The molecule has 1 atom stereocenters. The number of pyridine rings is 1. The highest BCUT2D eigenvalue weighted by atomic mass is 16.6. The van der Waals surface area contributed by atoms with Gasteiger partial charge in [0.2, 0.25) is 0 Å². The summed E-state index contributed by atoms with van der Waals surface area (Å²) in [6.45, 7) is 10.1. The molecule has 0 saturated carbocycles. The Labute approximate surface area is 117 Å². The first-order valence-corrected chi connectivity index (χ1v) is 5.82. The molecular weight excluding hydrogens is 258 g/mol. The minimum Gasteiger partial charge on any atom is -0.458 e. The number of esters is 2. The Morgan fingerprint density at radius 1 is 1.25 bits per heavy atom. The fourth-order valence-corrected chi connectivity index (χ4v) is 1.45. The molecule has 0 fully saturated rings. The number of carbonyl (C=O) groups is 2. The summed E-state index contributed by atoms with van der Waals surface area (Å²) >= 11 is 0. The van der Waals surface area contributed by atoms with Crippen LogP contribution in [-0.2, 0) is 19.1 Å². The van der Waals surface area contributed by atoms with Crippen molar-refractivity contribution in [2.75, 3.05) is 6.61 Å². The molecule has 0 radical (unpaired) electrons. The van der Waals surface area contributed by atoms with E-state index in [4.69, 9.17) is 9.47 Å². The normalized spacial score (nSPS) is 11.0. The molecule has 5 heteroatoms. The topological polar surface area (TPSA) is 65.5 Å². The average Bonchev–Trinajstić information content (AvgIpc) is 2.50. The van der Waals surface area contributed by atoms with Crippen molar-refractivity contribution in [2.45, 2.75) is 6.10 Å². The lowest BCUT2D eigenvalue weighted by atomic mass is 10.1. The Balaban J connectivity index is 2.98. The standard InChI is InChI=1S/C15H15NO4/c1-4-11-8-7-9-16-15(11)12(20-14(18)6-3)10-19-13(17)5-2/h4-9,12H,1-3,10H2. The number of hydrogen-bond acceptors (Lipinski definition) is 5. The highest BCUT2D eigenvalue weighted by Gasteiger charge is 2.21. The lowest BCUT2D eigenvalue weighted by Crippen LogP contribution is -2.19. The number of rotatable bonds is 7. The number of hydrogen-bond donors (Lipinski definition) is 0. The Hall–Kier alpha value is -2.69. The Kier molecular flexibility index (Phi) is 5.90. The lowest BCUT2D eigenvalue weighted by molar-refractivity contribution is -0.153. The van der Waals surface area contributed by atoms with Crippen molar-refractivity contribution in [3.63, 3.8) is 0 Å². The first-order valence-electron chi connectivity index (χ1n) is 5.82. The third kappa shape index (κ3) is 4.20. The van der Waals surface area contributed by atoms with Gasteiger partial charge in [-0.2, -0.15) is 0 Å². The maximum atomic E-state index is 11.4. The van der Waals surface area contributed by atoms with E-state index in [0.717, 1.165) is 12.2 Å². The SMILES string of the molecule is C=CC(=O)OCC(OC(=O)C=C)c1ncccc1C=C. The summed E-state index contributed by atoms with van der Waals surface area (Å²) < 4.78 is 10.1. The Bertz CT molecular complexity index is 536. The van der Waals surface area contributed by atoms with E-state index in [0.29, 0.717) is 11.3 Å². The average molecular weight is 273 g/mol. The zero-order chi connectivity index (χ0) is 15.0. The molecule has 1 aromatic heterocycles. The zero-order valence-corrected chi connectivity index (χ0v) is 11.0. The zero-order valence-electron chi connectivity index (χ0n) is 11.0. The summed E-state index contributed by atoms with van der Waals surface area (Å²) in [5.74, 6) is -1.24. The van der Waals surface area contributed by atoms with E-state index in [1.807, 2.05) is 0 Å². The van der Waals surface area contributed by atoms with E-state index in [9.17, 15) is 9.59 Å². The van der Waals surface area contributed by atoms with Gasteiger partial charge in [-0.1, -0.05) is 31.9 Å². The van der Waals surface area contributed by atoms with Crippen LogP contribution in [0.2, 0.25) is 0 Å². The second-order valence-electron chi connectivity index (χ2n) is 3.65. The van der Waals surface area contributed by atoms with E-state index in [-0.39, 0.29) is 6.61 Å². The molecule has 0 aliphatic rings. The first kappa shape index (κ1) is 15.4. The predicted octanol–water partition coefficient (Wildman–Crippen LogP) is 2.22. The van der Waals surface area contributed by atoms with Crippen molar-refractivity contribution >= 4 is 18.0 Å². The second kappa shape index (κ2) is 7.68. The van der Waals surface area contributed by atoms with Crippen LogP contribution in [0.3, 0.4) is 0 Å². The second-order valence-corrected chi connectivity index (χ2v) is 3.65. The molecule has 1 heterocycles. The maximum Gasteiger partial charge on any atom is 0.330 e. The van der Waals surface area contributed by atoms with Crippen LogP contribution >= 0.6 is 0 Å². The minimum atomic E-state index is -0.835. The van der Waals surface area contributed by atoms with Crippen LogP contribution in [0.4, 0.5) is 0 Å². The van der Waals surface area contributed by atoms with Crippen LogP contribution in [0, 0.1) is 0 Å². The van der Waals surface area contributed by atoms with Crippen LogP contribution in [0.15, 0.2) is 50.2 Å². The molecule has 20 heavy (non-hydrogen) atoms. The first-order chi connectivity index (χ1) is 9.62. The van der Waals surface area contributed by atoms with E-state index < -0.39 is 18.0 Å². The van der Waals surface area contributed by atoms with Gasteiger partial charge in [0.1, 0.15) is 6.61 Å². The molecular formula is C15H15NO4. The molecule has 1 aromatic rings. The molecule has 0 saturated heterocycles. The van der Waals surface area contributed by atoms with Crippen molar-refractivity contribution in [1.82, 2.24) is 4.98 Å². The van der Waals surface area contributed by atoms with Gasteiger partial charge in [-0.25, -0.2) is 9.59 Å². The van der Waals surface area contributed by atoms with E-state index in [2.05, 4.69) is 24.7 Å². The highest BCUT2D eigenvalue weighted by Crippen LogP contribution is 2.21. The van der Waals surface area contributed by atoms with Gasteiger partial charge in [-0.15, -0.1) is 0 Å². The van der Waals surface area contributed by atoms with Crippen molar-refractivity contribution in [3.8, 4) is 0 Å². The van der Waals surface area contributed by atoms with Gasteiger partial charge in [0.25, 0.3) is 0 Å². The number of nitrogens with zero attached hydrogens (tertiary/aromatic N) is 1. The van der Waals surface area contributed by atoms with Crippen molar-refractivity contribution in [3.05, 3.63) is 61.5 Å². The molecule has 104 valence electrons. The largest absolute Gasteiger partial charge is 0.458 e. The Morgan fingerprint density at radius 3 is 2.55 bits per heavy atom. The van der Waals surface area contributed by atoms with E-state index >= 15 is 0 Å². The summed E-state index contributed by atoms with van der Waals surface area (Å²) in [5.41, 5.74) is 1.14. The van der Waals surface area contributed by atoms with E-state index in [1.54, 1.807) is 24.4 Å². The molecule has 0 N–H and O–H groups in total. The van der Waals surface area contributed by atoms with Crippen molar-refractivity contribution in [2.24, 2.45) is 0 Å². The van der Waals surface area contributed by atoms with Gasteiger partial charge >= 0.3 is 11.9 Å². The van der Waals surface area contributed by atoms with E-state index in [1.165, 1.54) is 0 Å². The summed E-state index contributed by atoms with van der Waals surface area (Å²) in [7, 11) is 0. The molecule has 5 nitrogen and oxygen atoms in total. The third-order valence-corrected chi connectivity index (χ3v) is 2.36. The third-order valence-electron chi connectivity index (χ3n) is 2.36. The summed E-state index contributed by atoms with van der Waals surface area (Å²) in [6.07, 6.45) is 4.34. The van der Waals surface area contributed by atoms with Gasteiger partial charge in [-0.3, -0.25) is 4.98 Å². The fraction of sp³-hybridized carbons (Fsp3) is 0.133. The lowest BCUT2D eigenvalue weighted by Gasteiger charge is -2.17. The van der Waals surface area contributed by atoms with Gasteiger partial charge in [0.05, 0.1) is 5.69 Å². The van der Waals surface area contributed by atoms with Crippen molar-refractivity contribution in [1.29, 1.82) is 0 Å². The van der Waals surface area contributed by atoms with Gasteiger partial charge in [0.15, 0.2) is 6.10 Å². The fourth-order valence-electron chi connectivity index (χ4n) is 1.45. The number of carbonyl (C=O) groups excluding carboxylic acids is 2. The number of aromatic nitrogens is 1. The molecule has 0 aliphatic heterocycles. The minimum absolute atomic E-state index is 0.164. The quantitative estimate of drug-likeness (QED) is 0.563. The maximum absolute atomic E-state index is 11.4.